The number of aromatic nitrogens is 2. The molecule has 0 amide bonds. The first-order valence-electron chi connectivity index (χ1n) is 6.61. The van der Waals surface area contributed by atoms with E-state index in [1.54, 1.807) is 11.6 Å². The Hall–Kier alpha value is -2.67. The Morgan fingerprint density at radius 3 is 2.78 bits per heavy atom. The lowest BCUT2D eigenvalue weighted by Gasteiger charge is -2.03. The van der Waals surface area contributed by atoms with Crippen LogP contribution in [0.5, 0.6) is 0 Å². The maximum atomic E-state index is 13.1. The van der Waals surface area contributed by atoms with Gasteiger partial charge in [0.1, 0.15) is 11.6 Å². The van der Waals surface area contributed by atoms with Crippen molar-refractivity contribution in [1.82, 2.24) is 9.97 Å². The normalized spacial score (nSPS) is 10.5. The Kier molecular flexibility index (Phi) is 4.38. The van der Waals surface area contributed by atoms with Crippen LogP contribution in [0.2, 0.25) is 0 Å². The molecule has 7 heteroatoms. The van der Waals surface area contributed by atoms with Crippen LogP contribution in [0.25, 0.3) is 10.7 Å². The van der Waals surface area contributed by atoms with Gasteiger partial charge in [0.25, 0.3) is 0 Å². The first-order valence-corrected chi connectivity index (χ1v) is 7.49. The highest BCUT2D eigenvalue weighted by atomic mass is 32.1. The van der Waals surface area contributed by atoms with Crippen LogP contribution in [-0.2, 0) is 11.3 Å². The molecule has 1 aromatic carbocycles. The highest BCUT2D eigenvalue weighted by Gasteiger charge is 2.12. The lowest BCUT2D eigenvalue weighted by atomic mass is 10.2. The van der Waals surface area contributed by atoms with Crippen LogP contribution in [0.1, 0.15) is 16.1 Å². The van der Waals surface area contributed by atoms with E-state index < -0.39 is 17.6 Å². The minimum absolute atomic E-state index is 0.0518. The summed E-state index contributed by atoms with van der Waals surface area (Å²) in [5, 5.41) is 2.46. The van der Waals surface area contributed by atoms with E-state index in [0.717, 1.165) is 17.8 Å². The standard InChI is InChI=1S/C16H10F2N2O2S/c17-12-5-4-10(7-13(12)18)16(21)22-8-11-9-23-15(20-11)14-3-1-2-6-19-14/h1-7,9H,8H2. The molecule has 4 nitrogen and oxygen atoms in total. The summed E-state index contributed by atoms with van der Waals surface area (Å²) in [6.45, 7) is -0.0544. The van der Waals surface area contributed by atoms with Crippen molar-refractivity contribution in [1.29, 1.82) is 0 Å². The van der Waals surface area contributed by atoms with E-state index in [1.807, 2.05) is 18.2 Å². The van der Waals surface area contributed by atoms with Crippen LogP contribution < -0.4 is 0 Å². The van der Waals surface area contributed by atoms with E-state index in [0.29, 0.717) is 10.7 Å². The topological polar surface area (TPSA) is 52.1 Å². The SMILES string of the molecule is O=C(OCc1csc(-c2ccccn2)n1)c1ccc(F)c(F)c1. The van der Waals surface area contributed by atoms with Crippen LogP contribution in [0, 0.1) is 11.6 Å². The largest absolute Gasteiger partial charge is 0.456 e. The highest BCUT2D eigenvalue weighted by Crippen LogP contribution is 2.22. The quantitative estimate of drug-likeness (QED) is 0.681. The summed E-state index contributed by atoms with van der Waals surface area (Å²) in [6.07, 6.45) is 1.67. The summed E-state index contributed by atoms with van der Waals surface area (Å²) in [7, 11) is 0. The predicted molar refractivity (Wildman–Crippen MR) is 80.8 cm³/mol. The van der Waals surface area contributed by atoms with Crippen molar-refractivity contribution < 1.29 is 18.3 Å². The first-order chi connectivity index (χ1) is 11.1. The summed E-state index contributed by atoms with van der Waals surface area (Å²) < 4.78 is 31.0. The molecule has 3 rings (SSSR count). The molecule has 0 aliphatic rings. The van der Waals surface area contributed by atoms with Gasteiger partial charge in [-0.25, -0.2) is 18.6 Å². The lowest BCUT2D eigenvalue weighted by molar-refractivity contribution is 0.0468. The minimum Gasteiger partial charge on any atom is -0.456 e. The molecule has 0 N–H and O–H groups in total. The number of ether oxygens (including phenoxy) is 1. The van der Waals surface area contributed by atoms with Gasteiger partial charge in [0, 0.05) is 11.6 Å². The third-order valence-electron chi connectivity index (χ3n) is 2.94. The summed E-state index contributed by atoms with van der Waals surface area (Å²) in [5.74, 6) is -2.84. The number of thiazole rings is 1. The predicted octanol–water partition coefficient (Wildman–Crippen LogP) is 3.84. The molecule has 2 aromatic heterocycles. The molecular weight excluding hydrogens is 322 g/mol. The van der Waals surface area contributed by atoms with Gasteiger partial charge in [0.2, 0.25) is 0 Å². The Bertz CT molecular complexity index is 837. The van der Waals surface area contributed by atoms with Crippen molar-refractivity contribution in [2.45, 2.75) is 6.61 Å². The number of hydrogen-bond donors (Lipinski definition) is 0. The van der Waals surface area contributed by atoms with Crippen LogP contribution in [0.15, 0.2) is 48.0 Å². The molecule has 0 saturated heterocycles. The molecule has 0 aliphatic heterocycles. The molecule has 0 bridgehead atoms. The molecular formula is C16H10F2N2O2S. The van der Waals surface area contributed by atoms with Crippen LogP contribution in [0.3, 0.4) is 0 Å². The number of esters is 1. The zero-order chi connectivity index (χ0) is 16.2. The number of halogens is 2. The van der Waals surface area contributed by atoms with Gasteiger partial charge >= 0.3 is 5.97 Å². The molecule has 0 unspecified atom stereocenters. The Labute approximate surface area is 134 Å². The summed E-state index contributed by atoms with van der Waals surface area (Å²) in [5.41, 5.74) is 1.24. The van der Waals surface area contributed by atoms with Gasteiger partial charge < -0.3 is 4.74 Å². The van der Waals surface area contributed by atoms with Gasteiger partial charge in [0.15, 0.2) is 11.6 Å². The number of carbonyl (C=O) groups is 1. The van der Waals surface area contributed by atoms with Crippen molar-refractivity contribution in [2.24, 2.45) is 0 Å². The van der Waals surface area contributed by atoms with Crippen molar-refractivity contribution in [2.75, 3.05) is 0 Å². The van der Waals surface area contributed by atoms with E-state index in [1.165, 1.54) is 17.4 Å². The van der Waals surface area contributed by atoms with Gasteiger partial charge in [-0.3, -0.25) is 4.98 Å². The van der Waals surface area contributed by atoms with Gasteiger partial charge in [-0.2, -0.15) is 0 Å². The minimum atomic E-state index is -1.09. The van der Waals surface area contributed by atoms with E-state index in [2.05, 4.69) is 9.97 Å². The number of rotatable bonds is 4. The van der Waals surface area contributed by atoms with Crippen molar-refractivity contribution in [3.8, 4) is 10.7 Å². The zero-order valence-electron chi connectivity index (χ0n) is 11.7. The summed E-state index contributed by atoms with van der Waals surface area (Å²) >= 11 is 1.38. The molecule has 3 aromatic rings. The number of hydrogen-bond acceptors (Lipinski definition) is 5. The van der Waals surface area contributed by atoms with Crippen LogP contribution in [-0.4, -0.2) is 15.9 Å². The molecule has 23 heavy (non-hydrogen) atoms. The maximum Gasteiger partial charge on any atom is 0.338 e. The fourth-order valence-corrected chi connectivity index (χ4v) is 2.61. The first kappa shape index (κ1) is 15.2. The fourth-order valence-electron chi connectivity index (χ4n) is 1.83. The van der Waals surface area contributed by atoms with Gasteiger partial charge in [-0.05, 0) is 30.3 Å². The number of carbonyl (C=O) groups excluding carboxylic acids is 1. The zero-order valence-corrected chi connectivity index (χ0v) is 12.5. The second kappa shape index (κ2) is 6.62. The van der Waals surface area contributed by atoms with Crippen LogP contribution in [0.4, 0.5) is 8.78 Å². The van der Waals surface area contributed by atoms with Crippen LogP contribution >= 0.6 is 11.3 Å². The fraction of sp³-hybridized carbons (Fsp3) is 0.0625. The second-order valence-electron chi connectivity index (χ2n) is 4.56. The molecule has 0 saturated carbocycles. The summed E-state index contributed by atoms with van der Waals surface area (Å²) in [4.78, 5) is 20.3. The number of nitrogens with zero attached hydrogens (tertiary/aromatic N) is 2. The van der Waals surface area contributed by atoms with Gasteiger partial charge in [-0.1, -0.05) is 6.07 Å². The van der Waals surface area contributed by atoms with E-state index >= 15 is 0 Å². The molecule has 0 aliphatic carbocycles. The van der Waals surface area contributed by atoms with Gasteiger partial charge in [-0.15, -0.1) is 11.3 Å². The highest BCUT2D eigenvalue weighted by molar-refractivity contribution is 7.13. The molecule has 0 radical (unpaired) electrons. The van der Waals surface area contributed by atoms with E-state index in [4.69, 9.17) is 4.74 Å². The average Bonchev–Trinajstić information content (AvgIpc) is 3.05. The van der Waals surface area contributed by atoms with Crippen molar-refractivity contribution >= 4 is 17.3 Å². The van der Waals surface area contributed by atoms with E-state index in [9.17, 15) is 13.6 Å². The molecule has 2 heterocycles. The Balaban J connectivity index is 1.65. The third kappa shape index (κ3) is 3.57. The average molecular weight is 332 g/mol. The third-order valence-corrected chi connectivity index (χ3v) is 3.86. The lowest BCUT2D eigenvalue weighted by Crippen LogP contribution is -2.06. The number of pyridine rings is 1. The smallest absolute Gasteiger partial charge is 0.338 e. The molecule has 0 fully saturated rings. The van der Waals surface area contributed by atoms with Gasteiger partial charge in [0.05, 0.1) is 17.0 Å². The Morgan fingerprint density at radius 2 is 2.04 bits per heavy atom. The monoisotopic (exact) mass is 332 g/mol. The molecule has 0 atom stereocenters. The molecule has 116 valence electrons. The number of benzene rings is 1. The summed E-state index contributed by atoms with van der Waals surface area (Å²) in [6, 6.07) is 8.34. The van der Waals surface area contributed by atoms with Crippen molar-refractivity contribution in [3.05, 3.63) is 70.9 Å². The Morgan fingerprint density at radius 1 is 1.17 bits per heavy atom. The maximum absolute atomic E-state index is 13.1. The second-order valence-corrected chi connectivity index (χ2v) is 5.42. The van der Waals surface area contributed by atoms with Crippen molar-refractivity contribution in [3.63, 3.8) is 0 Å². The molecule has 0 spiro atoms. The van der Waals surface area contributed by atoms with E-state index in [-0.39, 0.29) is 12.2 Å².